The molecular formula is C20H13Cl2I2N3O2. The van der Waals surface area contributed by atoms with Crippen molar-refractivity contribution in [3.63, 3.8) is 0 Å². The highest BCUT2D eigenvalue weighted by Crippen LogP contribution is 2.30. The molecule has 1 amide bonds. The topological polar surface area (TPSA) is 63.6 Å². The Morgan fingerprint density at radius 2 is 1.93 bits per heavy atom. The molecule has 9 heteroatoms. The number of aromatic nitrogens is 1. The number of hydrazone groups is 1. The maximum atomic E-state index is 12.0. The fraction of sp³-hybridized carbons (Fsp3) is 0.0500. The molecule has 3 rings (SSSR count). The third-order valence-corrected chi connectivity index (χ3v) is 5.90. The van der Waals surface area contributed by atoms with Crippen molar-refractivity contribution >= 4 is 80.5 Å². The van der Waals surface area contributed by atoms with Crippen molar-refractivity contribution in [2.24, 2.45) is 5.10 Å². The molecule has 5 nitrogen and oxygen atoms in total. The smallest absolute Gasteiger partial charge is 0.272 e. The maximum absolute atomic E-state index is 12.0. The third kappa shape index (κ3) is 6.27. The predicted molar refractivity (Wildman–Crippen MR) is 132 cm³/mol. The van der Waals surface area contributed by atoms with Crippen molar-refractivity contribution in [1.29, 1.82) is 0 Å². The molecule has 0 saturated heterocycles. The highest BCUT2D eigenvalue weighted by Gasteiger charge is 2.10. The van der Waals surface area contributed by atoms with Crippen LogP contribution in [-0.2, 0) is 6.61 Å². The third-order valence-electron chi connectivity index (χ3n) is 3.71. The van der Waals surface area contributed by atoms with E-state index in [4.69, 9.17) is 27.9 Å². The van der Waals surface area contributed by atoms with Gasteiger partial charge >= 0.3 is 0 Å². The molecule has 0 aliphatic carbocycles. The van der Waals surface area contributed by atoms with E-state index in [1.807, 2.05) is 18.2 Å². The summed E-state index contributed by atoms with van der Waals surface area (Å²) in [5.74, 6) is 0.437. The Morgan fingerprint density at radius 1 is 1.17 bits per heavy atom. The van der Waals surface area contributed by atoms with Crippen molar-refractivity contribution in [3.05, 3.63) is 88.7 Å². The number of nitrogens with one attached hydrogen (secondary N) is 1. The number of amides is 1. The standard InChI is InChI=1S/C20H13Cl2I2N3O2/c21-15-4-3-14(16(22)8-15)11-29-19-17(23)6-12(7-18(19)24)9-26-27-20(28)13-2-1-5-25-10-13/h1-10H,11H2,(H,27,28)/b26-9+. The van der Waals surface area contributed by atoms with E-state index in [1.165, 1.54) is 6.20 Å². The van der Waals surface area contributed by atoms with Gasteiger partial charge in [-0.1, -0.05) is 29.3 Å². The van der Waals surface area contributed by atoms with Gasteiger partial charge in [0.25, 0.3) is 5.91 Å². The lowest BCUT2D eigenvalue weighted by molar-refractivity contribution is 0.0955. The number of pyridine rings is 1. The second-order valence-corrected chi connectivity index (χ2v) is 8.95. The lowest BCUT2D eigenvalue weighted by Crippen LogP contribution is -2.17. The van der Waals surface area contributed by atoms with Gasteiger partial charge in [0.2, 0.25) is 0 Å². The number of halogens is 4. The minimum Gasteiger partial charge on any atom is -0.487 e. The first-order valence-corrected chi connectivity index (χ1v) is 11.1. The van der Waals surface area contributed by atoms with Gasteiger partial charge in [0.05, 0.1) is 18.9 Å². The molecule has 3 aromatic rings. The van der Waals surface area contributed by atoms with Gasteiger partial charge in [0.15, 0.2) is 0 Å². The number of hydrogen-bond donors (Lipinski definition) is 1. The van der Waals surface area contributed by atoms with Crippen LogP contribution in [0.15, 0.2) is 60.0 Å². The van der Waals surface area contributed by atoms with Crippen LogP contribution in [0.1, 0.15) is 21.5 Å². The van der Waals surface area contributed by atoms with E-state index in [0.717, 1.165) is 24.0 Å². The fourth-order valence-corrected chi connectivity index (χ4v) is 4.90. The Hall–Kier alpha value is -1.43. The van der Waals surface area contributed by atoms with Gasteiger partial charge in [-0.2, -0.15) is 5.10 Å². The van der Waals surface area contributed by atoms with Crippen LogP contribution in [0.2, 0.25) is 10.0 Å². The van der Waals surface area contributed by atoms with E-state index in [0.29, 0.717) is 22.2 Å². The zero-order valence-electron chi connectivity index (χ0n) is 14.7. The van der Waals surface area contributed by atoms with Crippen LogP contribution in [0.25, 0.3) is 0 Å². The molecule has 1 N–H and O–H groups in total. The predicted octanol–water partition coefficient (Wildman–Crippen LogP) is 5.94. The number of hydrogen-bond acceptors (Lipinski definition) is 4. The molecule has 0 fully saturated rings. The number of carbonyl (C=O) groups is 1. The van der Waals surface area contributed by atoms with Crippen LogP contribution in [0.3, 0.4) is 0 Å². The molecule has 0 unspecified atom stereocenters. The van der Waals surface area contributed by atoms with Crippen LogP contribution >= 0.6 is 68.4 Å². The van der Waals surface area contributed by atoms with Gasteiger partial charge < -0.3 is 4.74 Å². The summed E-state index contributed by atoms with van der Waals surface area (Å²) < 4.78 is 7.80. The molecule has 1 heterocycles. The van der Waals surface area contributed by atoms with Gasteiger partial charge in [-0.05, 0) is 87.1 Å². The molecule has 148 valence electrons. The number of rotatable bonds is 6. The van der Waals surface area contributed by atoms with Crippen LogP contribution in [0, 0.1) is 7.14 Å². The van der Waals surface area contributed by atoms with Crippen LogP contribution < -0.4 is 10.2 Å². The summed E-state index contributed by atoms with van der Waals surface area (Å²) in [5.41, 5.74) is 4.62. The maximum Gasteiger partial charge on any atom is 0.272 e. The summed E-state index contributed by atoms with van der Waals surface area (Å²) in [4.78, 5) is 15.9. The zero-order chi connectivity index (χ0) is 20.8. The fourth-order valence-electron chi connectivity index (χ4n) is 2.31. The first kappa shape index (κ1) is 22.3. The number of nitrogens with zero attached hydrogens (tertiary/aromatic N) is 2. The normalized spacial score (nSPS) is 10.9. The average molecular weight is 652 g/mol. The van der Waals surface area contributed by atoms with E-state index >= 15 is 0 Å². The minimum absolute atomic E-state index is 0.321. The quantitative estimate of drug-likeness (QED) is 0.204. The van der Waals surface area contributed by atoms with Gasteiger partial charge in [-0.15, -0.1) is 0 Å². The Bertz CT molecular complexity index is 1040. The van der Waals surface area contributed by atoms with E-state index in [1.54, 1.807) is 36.7 Å². The summed E-state index contributed by atoms with van der Waals surface area (Å²) in [7, 11) is 0. The Kier molecular flexibility index (Phi) is 8.10. The Morgan fingerprint density at radius 3 is 2.59 bits per heavy atom. The summed E-state index contributed by atoms with van der Waals surface area (Å²) in [6.07, 6.45) is 4.67. The monoisotopic (exact) mass is 651 g/mol. The van der Waals surface area contributed by atoms with Gasteiger partial charge in [-0.3, -0.25) is 9.78 Å². The second-order valence-electron chi connectivity index (χ2n) is 5.78. The van der Waals surface area contributed by atoms with Crippen molar-refractivity contribution < 1.29 is 9.53 Å². The molecule has 2 aromatic carbocycles. The molecule has 0 spiro atoms. The summed E-state index contributed by atoms with van der Waals surface area (Å²) >= 11 is 16.5. The molecule has 0 atom stereocenters. The average Bonchev–Trinajstić information content (AvgIpc) is 2.69. The highest BCUT2D eigenvalue weighted by molar-refractivity contribution is 14.1. The number of ether oxygens (including phenoxy) is 1. The van der Waals surface area contributed by atoms with Crippen LogP contribution in [0.5, 0.6) is 5.75 Å². The van der Waals surface area contributed by atoms with Crippen molar-refractivity contribution in [3.8, 4) is 5.75 Å². The van der Waals surface area contributed by atoms with Gasteiger partial charge in [-0.25, -0.2) is 5.43 Å². The molecule has 29 heavy (non-hydrogen) atoms. The van der Waals surface area contributed by atoms with E-state index in [2.05, 4.69) is 60.7 Å². The second kappa shape index (κ2) is 10.6. The molecule has 0 bridgehead atoms. The number of benzene rings is 2. The molecule has 0 aliphatic rings. The molecule has 1 aromatic heterocycles. The summed E-state index contributed by atoms with van der Waals surface area (Å²) in [5, 5.41) is 5.16. The van der Waals surface area contributed by atoms with Crippen LogP contribution in [0.4, 0.5) is 0 Å². The first-order valence-electron chi connectivity index (χ1n) is 8.23. The van der Waals surface area contributed by atoms with E-state index < -0.39 is 0 Å². The molecule has 0 saturated carbocycles. The SMILES string of the molecule is O=C(N/N=C/c1cc(I)c(OCc2ccc(Cl)cc2Cl)c(I)c1)c1cccnc1. The highest BCUT2D eigenvalue weighted by atomic mass is 127. The first-order chi connectivity index (χ1) is 13.9. The molecule has 0 radical (unpaired) electrons. The lowest BCUT2D eigenvalue weighted by atomic mass is 10.2. The largest absolute Gasteiger partial charge is 0.487 e. The van der Waals surface area contributed by atoms with Crippen molar-refractivity contribution in [2.75, 3.05) is 0 Å². The minimum atomic E-state index is -0.321. The van der Waals surface area contributed by atoms with Crippen LogP contribution in [-0.4, -0.2) is 17.1 Å². The summed E-state index contributed by atoms with van der Waals surface area (Å²) in [6.45, 7) is 0.330. The Balaban J connectivity index is 1.66. The van der Waals surface area contributed by atoms with Crippen molar-refractivity contribution in [1.82, 2.24) is 10.4 Å². The zero-order valence-corrected chi connectivity index (χ0v) is 20.5. The molecule has 0 aliphatic heterocycles. The van der Waals surface area contributed by atoms with Gasteiger partial charge in [0, 0.05) is 28.0 Å². The van der Waals surface area contributed by atoms with Gasteiger partial charge in [0.1, 0.15) is 12.4 Å². The van der Waals surface area contributed by atoms with E-state index in [9.17, 15) is 4.79 Å². The Labute approximate surface area is 205 Å². The van der Waals surface area contributed by atoms with E-state index in [-0.39, 0.29) is 5.91 Å². The van der Waals surface area contributed by atoms with Crippen molar-refractivity contribution in [2.45, 2.75) is 6.61 Å². The molecular weight excluding hydrogens is 639 g/mol. The summed E-state index contributed by atoms with van der Waals surface area (Å²) in [6, 6.07) is 12.5. The number of carbonyl (C=O) groups excluding carboxylic acids is 1. The lowest BCUT2D eigenvalue weighted by Gasteiger charge is -2.12.